The summed E-state index contributed by atoms with van der Waals surface area (Å²) in [6.07, 6.45) is 1.32. The highest BCUT2D eigenvalue weighted by Crippen LogP contribution is 2.17. The van der Waals surface area contributed by atoms with Crippen LogP contribution in [0.5, 0.6) is 0 Å². The van der Waals surface area contributed by atoms with Crippen LogP contribution in [0.25, 0.3) is 0 Å². The van der Waals surface area contributed by atoms with E-state index < -0.39 is 5.54 Å². The van der Waals surface area contributed by atoms with Gasteiger partial charge in [0.25, 0.3) is 0 Å². The molecule has 0 spiro atoms. The molecule has 0 saturated carbocycles. The third-order valence-electron chi connectivity index (χ3n) is 2.67. The van der Waals surface area contributed by atoms with E-state index in [-0.39, 0.29) is 6.29 Å². The van der Waals surface area contributed by atoms with Crippen LogP contribution in [-0.4, -0.2) is 51.0 Å². The van der Waals surface area contributed by atoms with Crippen LogP contribution in [0.1, 0.15) is 6.42 Å². The molecule has 2 heterocycles. The topological polar surface area (TPSA) is 59.6 Å². The maximum atomic E-state index is 11.1. The Balaban J connectivity index is 1.92. The lowest BCUT2D eigenvalue weighted by Gasteiger charge is -2.35. The second-order valence-electron chi connectivity index (χ2n) is 3.75. The van der Waals surface area contributed by atoms with Crippen molar-refractivity contribution in [3.8, 4) is 0 Å². The van der Waals surface area contributed by atoms with Crippen molar-refractivity contribution in [2.24, 2.45) is 0 Å². The number of ether oxygens (including phenoxy) is 2. The summed E-state index contributed by atoms with van der Waals surface area (Å²) in [6.45, 7) is 3.63. The molecule has 0 aromatic rings. The lowest BCUT2D eigenvalue weighted by Crippen LogP contribution is -2.61. The third-order valence-corrected chi connectivity index (χ3v) is 2.67. The van der Waals surface area contributed by atoms with Gasteiger partial charge in [-0.15, -0.1) is 0 Å². The van der Waals surface area contributed by atoms with Crippen LogP contribution in [0.4, 0.5) is 0 Å². The van der Waals surface area contributed by atoms with Gasteiger partial charge in [0.2, 0.25) is 0 Å². The molecule has 2 aliphatic rings. The van der Waals surface area contributed by atoms with Gasteiger partial charge in [0, 0.05) is 26.1 Å². The van der Waals surface area contributed by atoms with Crippen molar-refractivity contribution < 1.29 is 14.3 Å². The van der Waals surface area contributed by atoms with Crippen LogP contribution < -0.4 is 10.6 Å². The van der Waals surface area contributed by atoms with Crippen molar-refractivity contribution >= 4 is 6.29 Å². The Hall–Kier alpha value is -0.490. The average molecular weight is 200 g/mol. The van der Waals surface area contributed by atoms with Crippen molar-refractivity contribution in [2.45, 2.75) is 18.2 Å². The molecule has 1 atom stereocenters. The molecule has 0 aromatic carbocycles. The highest BCUT2D eigenvalue weighted by atomic mass is 16.7. The molecule has 14 heavy (non-hydrogen) atoms. The Morgan fingerprint density at radius 2 is 2.14 bits per heavy atom. The van der Waals surface area contributed by atoms with Crippen molar-refractivity contribution in [1.29, 1.82) is 0 Å². The van der Waals surface area contributed by atoms with E-state index in [1.165, 1.54) is 0 Å². The zero-order chi connectivity index (χ0) is 9.86. The molecular weight excluding hydrogens is 184 g/mol. The summed E-state index contributed by atoms with van der Waals surface area (Å²) in [5.74, 6) is 0. The SMILES string of the molecule is O=CC1(CC2OCCO2)CNCCN1. The molecule has 2 saturated heterocycles. The van der Waals surface area contributed by atoms with Gasteiger partial charge in [-0.1, -0.05) is 0 Å². The monoisotopic (exact) mass is 200 g/mol. The molecule has 0 bridgehead atoms. The second kappa shape index (κ2) is 4.35. The maximum absolute atomic E-state index is 11.1. The van der Waals surface area contributed by atoms with Gasteiger partial charge in [0.15, 0.2) is 6.29 Å². The first-order chi connectivity index (χ1) is 6.85. The van der Waals surface area contributed by atoms with Gasteiger partial charge in [-0.2, -0.15) is 0 Å². The number of carbonyl (C=O) groups is 1. The summed E-state index contributed by atoms with van der Waals surface area (Å²) in [6, 6.07) is 0. The average Bonchev–Trinajstić information content (AvgIpc) is 2.72. The summed E-state index contributed by atoms with van der Waals surface area (Å²) >= 11 is 0. The quantitative estimate of drug-likeness (QED) is 0.565. The van der Waals surface area contributed by atoms with Crippen LogP contribution >= 0.6 is 0 Å². The zero-order valence-electron chi connectivity index (χ0n) is 8.12. The van der Waals surface area contributed by atoms with E-state index in [4.69, 9.17) is 9.47 Å². The Kier molecular flexibility index (Phi) is 3.12. The summed E-state index contributed by atoms with van der Waals surface area (Å²) in [5, 5.41) is 6.41. The zero-order valence-corrected chi connectivity index (χ0v) is 8.12. The van der Waals surface area contributed by atoms with Crippen molar-refractivity contribution in [3.63, 3.8) is 0 Å². The fraction of sp³-hybridized carbons (Fsp3) is 0.889. The molecule has 80 valence electrons. The Labute approximate surface area is 83.1 Å². The second-order valence-corrected chi connectivity index (χ2v) is 3.75. The van der Waals surface area contributed by atoms with E-state index in [1.54, 1.807) is 0 Å². The van der Waals surface area contributed by atoms with Gasteiger partial charge in [0.05, 0.1) is 18.8 Å². The van der Waals surface area contributed by atoms with E-state index in [9.17, 15) is 4.79 Å². The van der Waals surface area contributed by atoms with Crippen molar-refractivity contribution in [2.75, 3.05) is 32.8 Å². The third kappa shape index (κ3) is 2.12. The molecule has 0 aliphatic carbocycles. The standard InChI is InChI=1S/C9H16N2O3/c12-7-9(6-10-1-2-11-9)5-8-13-3-4-14-8/h7-8,10-11H,1-6H2. The predicted molar refractivity (Wildman–Crippen MR) is 50.0 cm³/mol. The molecule has 0 radical (unpaired) electrons. The van der Waals surface area contributed by atoms with Gasteiger partial charge in [-0.05, 0) is 0 Å². The summed E-state index contributed by atoms with van der Waals surface area (Å²) in [5.41, 5.74) is -0.507. The summed E-state index contributed by atoms with van der Waals surface area (Å²) in [4.78, 5) is 11.1. The highest BCUT2D eigenvalue weighted by Gasteiger charge is 2.36. The molecular formula is C9H16N2O3. The van der Waals surface area contributed by atoms with Crippen LogP contribution in [0.15, 0.2) is 0 Å². The Morgan fingerprint density at radius 1 is 1.36 bits per heavy atom. The van der Waals surface area contributed by atoms with Crippen LogP contribution in [0.2, 0.25) is 0 Å². The first kappa shape index (κ1) is 10.0. The Bertz CT molecular complexity index is 198. The number of aldehydes is 1. The van der Waals surface area contributed by atoms with Crippen molar-refractivity contribution in [3.05, 3.63) is 0 Å². The van der Waals surface area contributed by atoms with Crippen molar-refractivity contribution in [1.82, 2.24) is 10.6 Å². The number of hydrogen-bond acceptors (Lipinski definition) is 5. The van der Waals surface area contributed by atoms with Gasteiger partial charge >= 0.3 is 0 Å². The largest absolute Gasteiger partial charge is 0.350 e. The van der Waals surface area contributed by atoms with E-state index >= 15 is 0 Å². The van der Waals surface area contributed by atoms with Gasteiger partial charge in [-0.25, -0.2) is 0 Å². The lowest BCUT2D eigenvalue weighted by molar-refractivity contribution is -0.119. The molecule has 2 aliphatic heterocycles. The molecule has 5 nitrogen and oxygen atoms in total. The van der Waals surface area contributed by atoms with Gasteiger partial charge < -0.3 is 24.9 Å². The normalized spacial score (nSPS) is 34.6. The molecule has 2 fully saturated rings. The fourth-order valence-electron chi connectivity index (χ4n) is 1.87. The molecule has 1 unspecified atom stereocenters. The van der Waals surface area contributed by atoms with Crippen LogP contribution in [0, 0.1) is 0 Å². The number of nitrogens with one attached hydrogen (secondary N) is 2. The molecule has 0 amide bonds. The smallest absolute Gasteiger partial charge is 0.160 e. The number of piperazine rings is 1. The van der Waals surface area contributed by atoms with Gasteiger partial charge in [-0.3, -0.25) is 0 Å². The highest BCUT2D eigenvalue weighted by molar-refractivity contribution is 5.65. The number of rotatable bonds is 3. The van der Waals surface area contributed by atoms with Gasteiger partial charge in [0.1, 0.15) is 6.29 Å². The van der Waals surface area contributed by atoms with E-state index in [0.29, 0.717) is 26.2 Å². The minimum atomic E-state index is -0.507. The summed E-state index contributed by atoms with van der Waals surface area (Å²) < 4.78 is 10.7. The molecule has 5 heteroatoms. The minimum Gasteiger partial charge on any atom is -0.350 e. The van der Waals surface area contributed by atoms with E-state index in [0.717, 1.165) is 19.4 Å². The Morgan fingerprint density at radius 3 is 2.71 bits per heavy atom. The minimum absolute atomic E-state index is 0.229. The first-order valence-corrected chi connectivity index (χ1v) is 5.00. The van der Waals surface area contributed by atoms with Crippen LogP contribution in [-0.2, 0) is 14.3 Å². The van der Waals surface area contributed by atoms with E-state index in [1.807, 2.05) is 0 Å². The summed E-state index contributed by atoms with van der Waals surface area (Å²) in [7, 11) is 0. The number of carbonyl (C=O) groups excluding carboxylic acids is 1. The molecule has 2 rings (SSSR count). The number of hydrogen-bond donors (Lipinski definition) is 2. The molecule has 0 aromatic heterocycles. The van der Waals surface area contributed by atoms with Crippen LogP contribution in [0.3, 0.4) is 0 Å². The molecule has 2 N–H and O–H groups in total. The lowest BCUT2D eigenvalue weighted by atomic mass is 9.95. The first-order valence-electron chi connectivity index (χ1n) is 5.00. The van der Waals surface area contributed by atoms with E-state index in [2.05, 4.69) is 10.6 Å². The maximum Gasteiger partial charge on any atom is 0.160 e. The predicted octanol–water partition coefficient (Wildman–Crippen LogP) is -1.12. The fourth-order valence-corrected chi connectivity index (χ4v) is 1.87.